The van der Waals surface area contributed by atoms with Gasteiger partial charge in [0.25, 0.3) is 5.91 Å². The molecule has 3 heterocycles. The van der Waals surface area contributed by atoms with E-state index in [2.05, 4.69) is 24.8 Å². The summed E-state index contributed by atoms with van der Waals surface area (Å²) in [6, 6.07) is 0.222. The van der Waals surface area contributed by atoms with E-state index in [0.29, 0.717) is 10.6 Å². The molecule has 8 heteroatoms. The number of hydrogen-bond acceptors (Lipinski definition) is 7. The van der Waals surface area contributed by atoms with Crippen molar-refractivity contribution in [2.45, 2.75) is 25.8 Å². The molecular formula is C12H15N5OS2. The van der Waals surface area contributed by atoms with Gasteiger partial charge in [-0.1, -0.05) is 4.49 Å². The predicted octanol–water partition coefficient (Wildman–Crippen LogP) is 1.70. The van der Waals surface area contributed by atoms with Crippen molar-refractivity contribution >= 4 is 33.9 Å². The topological polar surface area (TPSA) is 71.0 Å². The van der Waals surface area contributed by atoms with Crippen LogP contribution < -0.4 is 10.2 Å². The number of aromatic nitrogens is 3. The molecule has 0 unspecified atom stereocenters. The quantitative estimate of drug-likeness (QED) is 0.934. The number of aryl methyl sites for hydroxylation is 1. The molecule has 1 N–H and O–H groups in total. The lowest BCUT2D eigenvalue weighted by atomic mass is 10.1. The van der Waals surface area contributed by atoms with Gasteiger partial charge in [0.05, 0.1) is 5.69 Å². The minimum Gasteiger partial charge on any atom is -0.348 e. The summed E-state index contributed by atoms with van der Waals surface area (Å²) in [7, 11) is 0. The average molecular weight is 309 g/mol. The number of amides is 1. The number of hydrogen-bond donors (Lipinski definition) is 1. The minimum absolute atomic E-state index is 0.0507. The second-order valence-electron chi connectivity index (χ2n) is 4.74. The first-order valence-electron chi connectivity index (χ1n) is 6.48. The van der Waals surface area contributed by atoms with Gasteiger partial charge in [-0.15, -0.1) is 16.4 Å². The van der Waals surface area contributed by atoms with Crippen molar-refractivity contribution < 1.29 is 4.79 Å². The third-order valence-electron chi connectivity index (χ3n) is 3.38. The summed E-state index contributed by atoms with van der Waals surface area (Å²) in [6.07, 6.45) is 3.71. The van der Waals surface area contributed by atoms with E-state index in [0.717, 1.165) is 42.6 Å². The summed E-state index contributed by atoms with van der Waals surface area (Å²) in [5.74, 6) is -0.0507. The second kappa shape index (κ2) is 5.84. The maximum atomic E-state index is 12.1. The molecule has 0 saturated carbocycles. The van der Waals surface area contributed by atoms with E-state index < -0.39 is 0 Å². The molecule has 0 spiro atoms. The van der Waals surface area contributed by atoms with Crippen LogP contribution in [0.2, 0.25) is 0 Å². The van der Waals surface area contributed by atoms with Crippen molar-refractivity contribution in [3.63, 3.8) is 0 Å². The van der Waals surface area contributed by atoms with Crippen LogP contribution in [-0.2, 0) is 0 Å². The molecule has 0 radical (unpaired) electrons. The molecule has 0 aromatic carbocycles. The van der Waals surface area contributed by atoms with E-state index in [1.165, 1.54) is 0 Å². The van der Waals surface area contributed by atoms with Gasteiger partial charge in [0, 0.05) is 30.7 Å². The van der Waals surface area contributed by atoms with Gasteiger partial charge >= 0.3 is 0 Å². The SMILES string of the molecule is Cc1nnsc1C(=O)NC1CCN(c2nccs2)CC1. The highest BCUT2D eigenvalue weighted by atomic mass is 32.1. The molecule has 1 amide bonds. The van der Waals surface area contributed by atoms with Crippen molar-refractivity contribution in [2.75, 3.05) is 18.0 Å². The Hall–Kier alpha value is -1.54. The number of carbonyl (C=O) groups excluding carboxylic acids is 1. The first-order valence-corrected chi connectivity index (χ1v) is 8.13. The Morgan fingerprint density at radius 1 is 1.45 bits per heavy atom. The first-order chi connectivity index (χ1) is 9.74. The van der Waals surface area contributed by atoms with Crippen LogP contribution in [0, 0.1) is 6.92 Å². The first kappa shape index (κ1) is 13.4. The van der Waals surface area contributed by atoms with Gasteiger partial charge in [0.15, 0.2) is 5.13 Å². The number of carbonyl (C=O) groups is 1. The Morgan fingerprint density at radius 2 is 2.25 bits per heavy atom. The molecule has 1 fully saturated rings. The third-order valence-corrected chi connectivity index (χ3v) is 5.04. The highest BCUT2D eigenvalue weighted by Gasteiger charge is 2.23. The zero-order valence-electron chi connectivity index (χ0n) is 11.1. The number of nitrogens with one attached hydrogen (secondary N) is 1. The maximum absolute atomic E-state index is 12.1. The van der Waals surface area contributed by atoms with Crippen LogP contribution in [0.5, 0.6) is 0 Å². The predicted molar refractivity (Wildman–Crippen MR) is 79.5 cm³/mol. The van der Waals surface area contributed by atoms with E-state index >= 15 is 0 Å². The fourth-order valence-electron chi connectivity index (χ4n) is 2.28. The van der Waals surface area contributed by atoms with Crippen molar-refractivity contribution in [2.24, 2.45) is 0 Å². The highest BCUT2D eigenvalue weighted by molar-refractivity contribution is 7.13. The molecule has 106 valence electrons. The average Bonchev–Trinajstić information content (AvgIpc) is 3.10. The third kappa shape index (κ3) is 2.80. The number of thiazole rings is 1. The number of rotatable bonds is 3. The normalized spacial score (nSPS) is 16.4. The largest absolute Gasteiger partial charge is 0.348 e. The molecule has 20 heavy (non-hydrogen) atoms. The van der Waals surface area contributed by atoms with Crippen LogP contribution in [0.25, 0.3) is 0 Å². The lowest BCUT2D eigenvalue weighted by Crippen LogP contribution is -2.44. The molecule has 6 nitrogen and oxygen atoms in total. The summed E-state index contributed by atoms with van der Waals surface area (Å²) < 4.78 is 3.80. The van der Waals surface area contributed by atoms with Gasteiger partial charge in [0.2, 0.25) is 0 Å². The monoisotopic (exact) mass is 309 g/mol. The van der Waals surface area contributed by atoms with Gasteiger partial charge in [0.1, 0.15) is 4.88 Å². The molecule has 1 saturated heterocycles. The van der Waals surface area contributed by atoms with Gasteiger partial charge in [-0.2, -0.15) is 0 Å². The van der Waals surface area contributed by atoms with Crippen molar-refractivity contribution in [1.82, 2.24) is 19.9 Å². The molecule has 2 aromatic heterocycles. The maximum Gasteiger partial charge on any atom is 0.265 e. The molecule has 0 bridgehead atoms. The van der Waals surface area contributed by atoms with Crippen molar-refractivity contribution in [3.8, 4) is 0 Å². The van der Waals surface area contributed by atoms with Crippen molar-refractivity contribution in [3.05, 3.63) is 22.1 Å². The molecule has 1 aliphatic rings. The number of anilines is 1. The molecule has 2 aromatic rings. The van der Waals surface area contributed by atoms with Crippen LogP contribution in [0.15, 0.2) is 11.6 Å². The highest BCUT2D eigenvalue weighted by Crippen LogP contribution is 2.22. The van der Waals surface area contributed by atoms with Crippen LogP contribution >= 0.6 is 22.9 Å². The Morgan fingerprint density at radius 3 is 2.85 bits per heavy atom. The molecule has 3 rings (SSSR count). The zero-order chi connectivity index (χ0) is 13.9. The summed E-state index contributed by atoms with van der Waals surface area (Å²) in [5.41, 5.74) is 0.702. The van der Waals surface area contributed by atoms with E-state index in [-0.39, 0.29) is 11.9 Å². The lowest BCUT2D eigenvalue weighted by Gasteiger charge is -2.32. The standard InChI is InChI=1S/C12H15N5OS2/c1-8-10(20-16-15-8)11(18)14-9-2-5-17(6-3-9)12-13-4-7-19-12/h4,7,9H,2-3,5-6H2,1H3,(H,14,18). The Balaban J connectivity index is 1.54. The number of nitrogens with zero attached hydrogens (tertiary/aromatic N) is 4. The minimum atomic E-state index is -0.0507. The fraction of sp³-hybridized carbons (Fsp3) is 0.500. The number of piperidine rings is 1. The van der Waals surface area contributed by atoms with Gasteiger partial charge in [-0.3, -0.25) is 4.79 Å². The van der Waals surface area contributed by atoms with Crippen LogP contribution in [0.3, 0.4) is 0 Å². The lowest BCUT2D eigenvalue weighted by molar-refractivity contribution is 0.0934. The van der Waals surface area contributed by atoms with Gasteiger partial charge in [-0.25, -0.2) is 4.98 Å². The van der Waals surface area contributed by atoms with Crippen LogP contribution in [0.4, 0.5) is 5.13 Å². The zero-order valence-corrected chi connectivity index (χ0v) is 12.7. The smallest absolute Gasteiger partial charge is 0.265 e. The van der Waals surface area contributed by atoms with Crippen molar-refractivity contribution in [1.29, 1.82) is 0 Å². The molecule has 0 atom stereocenters. The van der Waals surface area contributed by atoms with E-state index in [9.17, 15) is 4.79 Å². The second-order valence-corrected chi connectivity index (χ2v) is 6.36. The summed E-state index contributed by atoms with van der Waals surface area (Å²) in [6.45, 7) is 3.67. The van der Waals surface area contributed by atoms with Gasteiger partial charge in [-0.05, 0) is 31.3 Å². The van der Waals surface area contributed by atoms with Gasteiger partial charge < -0.3 is 10.2 Å². The Kier molecular flexibility index (Phi) is 3.93. The van der Waals surface area contributed by atoms with Crippen LogP contribution in [-0.4, -0.2) is 39.6 Å². The van der Waals surface area contributed by atoms with E-state index in [4.69, 9.17) is 0 Å². The molecule has 1 aliphatic heterocycles. The molecule has 0 aliphatic carbocycles. The fourth-order valence-corrected chi connectivity index (χ4v) is 3.53. The summed E-state index contributed by atoms with van der Waals surface area (Å²) in [5, 5.41) is 10.0. The Bertz CT molecular complexity index is 574. The summed E-state index contributed by atoms with van der Waals surface area (Å²) in [4.78, 5) is 19.3. The molecular weight excluding hydrogens is 294 g/mol. The Labute approximate surface area is 125 Å². The van der Waals surface area contributed by atoms with Crippen LogP contribution in [0.1, 0.15) is 28.2 Å². The summed E-state index contributed by atoms with van der Waals surface area (Å²) >= 11 is 2.81. The van der Waals surface area contributed by atoms with E-state index in [1.807, 2.05) is 18.5 Å². The van der Waals surface area contributed by atoms with E-state index in [1.54, 1.807) is 11.3 Å².